The van der Waals surface area contributed by atoms with Crippen molar-refractivity contribution in [2.75, 3.05) is 11.5 Å². The second-order valence-electron chi connectivity index (χ2n) is 3.95. The molecule has 18 heavy (non-hydrogen) atoms. The lowest BCUT2D eigenvalue weighted by Crippen LogP contribution is -1.99. The molecule has 2 aromatic carbocycles. The Bertz CT molecular complexity index is 603. The molecule has 3 heteroatoms. The van der Waals surface area contributed by atoms with Crippen LogP contribution in [0.25, 0.3) is 6.08 Å². The van der Waals surface area contributed by atoms with E-state index in [0.29, 0.717) is 16.9 Å². The smallest absolute Gasteiger partial charge is 0.187 e. The summed E-state index contributed by atoms with van der Waals surface area (Å²) in [7, 11) is 0. The second kappa shape index (κ2) is 5.19. The number of hydrogen-bond donors (Lipinski definition) is 2. The molecule has 0 spiro atoms. The maximum absolute atomic E-state index is 11.9. The quantitative estimate of drug-likeness (QED) is 0.490. The van der Waals surface area contributed by atoms with Crippen LogP contribution in [0.3, 0.4) is 0 Å². The number of nitrogen functional groups attached to an aromatic ring is 2. The number of ketones is 1. The van der Waals surface area contributed by atoms with E-state index in [1.165, 1.54) is 6.08 Å². The fourth-order valence-electron chi connectivity index (χ4n) is 1.65. The Morgan fingerprint density at radius 3 is 2.50 bits per heavy atom. The summed E-state index contributed by atoms with van der Waals surface area (Å²) in [5.74, 6) is -0.115. The van der Waals surface area contributed by atoms with Gasteiger partial charge in [0.15, 0.2) is 5.78 Å². The number of carbonyl (C=O) groups is 1. The molecule has 0 aliphatic rings. The van der Waals surface area contributed by atoms with Crippen LogP contribution in [0.4, 0.5) is 11.4 Å². The van der Waals surface area contributed by atoms with Crippen LogP contribution in [0.5, 0.6) is 0 Å². The molecular formula is C15H14N2O. The van der Waals surface area contributed by atoms with E-state index in [-0.39, 0.29) is 5.78 Å². The van der Waals surface area contributed by atoms with Crippen LogP contribution < -0.4 is 11.5 Å². The molecule has 0 radical (unpaired) electrons. The highest BCUT2D eigenvalue weighted by molar-refractivity contribution is 6.10. The molecule has 0 saturated carbocycles. The van der Waals surface area contributed by atoms with E-state index >= 15 is 0 Å². The Balaban J connectivity index is 2.20. The van der Waals surface area contributed by atoms with Crippen molar-refractivity contribution in [1.29, 1.82) is 0 Å². The predicted molar refractivity (Wildman–Crippen MR) is 75.1 cm³/mol. The molecule has 0 amide bonds. The SMILES string of the molecule is Nc1cccc(/C=C/C(=O)c2ccccc2N)c1. The highest BCUT2D eigenvalue weighted by Crippen LogP contribution is 2.13. The molecule has 0 heterocycles. The fraction of sp³-hybridized carbons (Fsp3) is 0. The number of benzene rings is 2. The molecule has 2 rings (SSSR count). The molecule has 2 aromatic rings. The number of allylic oxidation sites excluding steroid dienone is 1. The van der Waals surface area contributed by atoms with E-state index < -0.39 is 0 Å². The number of rotatable bonds is 3. The van der Waals surface area contributed by atoms with Crippen LogP contribution in [-0.4, -0.2) is 5.78 Å². The summed E-state index contributed by atoms with van der Waals surface area (Å²) in [5.41, 5.74) is 14.0. The lowest BCUT2D eigenvalue weighted by Gasteiger charge is -2.00. The van der Waals surface area contributed by atoms with Crippen LogP contribution in [0.15, 0.2) is 54.6 Å². The summed E-state index contributed by atoms with van der Waals surface area (Å²) >= 11 is 0. The molecule has 0 aromatic heterocycles. The first kappa shape index (κ1) is 11.9. The normalized spacial score (nSPS) is 10.7. The standard InChI is InChI=1S/C15H14N2O/c16-12-5-3-4-11(10-12)8-9-15(18)13-6-1-2-7-14(13)17/h1-10H,16-17H2/b9-8+. The third kappa shape index (κ3) is 2.77. The zero-order valence-corrected chi connectivity index (χ0v) is 9.84. The van der Waals surface area contributed by atoms with Gasteiger partial charge in [0.2, 0.25) is 0 Å². The number of hydrogen-bond acceptors (Lipinski definition) is 3. The van der Waals surface area contributed by atoms with Gasteiger partial charge in [0, 0.05) is 16.9 Å². The largest absolute Gasteiger partial charge is 0.399 e. The first-order chi connectivity index (χ1) is 8.66. The van der Waals surface area contributed by atoms with Gasteiger partial charge in [-0.1, -0.05) is 30.3 Å². The van der Waals surface area contributed by atoms with Gasteiger partial charge in [0.25, 0.3) is 0 Å². The third-order valence-corrected chi connectivity index (χ3v) is 2.56. The van der Waals surface area contributed by atoms with Gasteiger partial charge in [0.05, 0.1) is 0 Å². The molecule has 0 bridgehead atoms. The molecule has 0 saturated heterocycles. The van der Waals surface area contributed by atoms with Crippen molar-refractivity contribution in [3.8, 4) is 0 Å². The highest BCUT2D eigenvalue weighted by atomic mass is 16.1. The van der Waals surface area contributed by atoms with Gasteiger partial charge in [-0.2, -0.15) is 0 Å². The first-order valence-corrected chi connectivity index (χ1v) is 5.59. The van der Waals surface area contributed by atoms with Crippen molar-refractivity contribution in [1.82, 2.24) is 0 Å². The Morgan fingerprint density at radius 1 is 1.00 bits per heavy atom. The average molecular weight is 238 g/mol. The Hall–Kier alpha value is -2.55. The third-order valence-electron chi connectivity index (χ3n) is 2.56. The number of carbonyl (C=O) groups excluding carboxylic acids is 1. The highest BCUT2D eigenvalue weighted by Gasteiger charge is 2.04. The van der Waals surface area contributed by atoms with Crippen molar-refractivity contribution in [2.24, 2.45) is 0 Å². The maximum atomic E-state index is 11.9. The van der Waals surface area contributed by atoms with Crippen LogP contribution in [0.2, 0.25) is 0 Å². The van der Waals surface area contributed by atoms with Gasteiger partial charge in [-0.15, -0.1) is 0 Å². The lowest BCUT2D eigenvalue weighted by molar-refractivity contribution is 0.104. The zero-order valence-electron chi connectivity index (χ0n) is 9.84. The van der Waals surface area contributed by atoms with E-state index in [9.17, 15) is 4.79 Å². The van der Waals surface area contributed by atoms with E-state index in [1.54, 1.807) is 42.5 Å². The number of anilines is 2. The van der Waals surface area contributed by atoms with Crippen LogP contribution in [-0.2, 0) is 0 Å². The van der Waals surface area contributed by atoms with Gasteiger partial charge in [-0.05, 0) is 35.9 Å². The monoisotopic (exact) mass is 238 g/mol. The topological polar surface area (TPSA) is 69.1 Å². The molecule has 0 fully saturated rings. The summed E-state index contributed by atoms with van der Waals surface area (Å²) in [6.45, 7) is 0. The molecule has 0 atom stereocenters. The minimum absolute atomic E-state index is 0.115. The Morgan fingerprint density at radius 2 is 1.78 bits per heavy atom. The van der Waals surface area contributed by atoms with Gasteiger partial charge >= 0.3 is 0 Å². The van der Waals surface area contributed by atoms with Gasteiger partial charge in [-0.3, -0.25) is 4.79 Å². The van der Waals surface area contributed by atoms with Gasteiger partial charge in [0.1, 0.15) is 0 Å². The van der Waals surface area contributed by atoms with Crippen LogP contribution >= 0.6 is 0 Å². The lowest BCUT2D eigenvalue weighted by atomic mass is 10.1. The fourth-order valence-corrected chi connectivity index (χ4v) is 1.65. The average Bonchev–Trinajstić information content (AvgIpc) is 2.37. The van der Waals surface area contributed by atoms with Crippen molar-refractivity contribution in [3.05, 3.63) is 65.7 Å². The molecule has 90 valence electrons. The minimum atomic E-state index is -0.115. The zero-order chi connectivity index (χ0) is 13.0. The summed E-state index contributed by atoms with van der Waals surface area (Å²) in [4.78, 5) is 11.9. The van der Waals surface area contributed by atoms with Crippen LogP contribution in [0, 0.1) is 0 Å². The molecule has 4 N–H and O–H groups in total. The summed E-state index contributed by atoms with van der Waals surface area (Å²) < 4.78 is 0. The number of nitrogens with two attached hydrogens (primary N) is 2. The molecular weight excluding hydrogens is 224 g/mol. The van der Waals surface area contributed by atoms with Crippen molar-refractivity contribution < 1.29 is 4.79 Å². The van der Waals surface area contributed by atoms with E-state index in [2.05, 4.69) is 0 Å². The van der Waals surface area contributed by atoms with Crippen molar-refractivity contribution in [3.63, 3.8) is 0 Å². The Labute approximate surface area is 106 Å². The van der Waals surface area contributed by atoms with E-state index in [1.807, 2.05) is 12.1 Å². The van der Waals surface area contributed by atoms with E-state index in [4.69, 9.17) is 11.5 Å². The summed E-state index contributed by atoms with van der Waals surface area (Å²) in [6.07, 6.45) is 3.23. The molecule has 3 nitrogen and oxygen atoms in total. The first-order valence-electron chi connectivity index (χ1n) is 5.59. The predicted octanol–water partition coefficient (Wildman–Crippen LogP) is 2.75. The second-order valence-corrected chi connectivity index (χ2v) is 3.95. The minimum Gasteiger partial charge on any atom is -0.399 e. The van der Waals surface area contributed by atoms with Crippen molar-refractivity contribution in [2.45, 2.75) is 0 Å². The maximum Gasteiger partial charge on any atom is 0.187 e. The molecule has 0 aliphatic heterocycles. The van der Waals surface area contributed by atoms with Crippen LogP contribution in [0.1, 0.15) is 15.9 Å². The Kier molecular flexibility index (Phi) is 3.44. The van der Waals surface area contributed by atoms with Gasteiger partial charge in [-0.25, -0.2) is 0 Å². The summed E-state index contributed by atoms with van der Waals surface area (Å²) in [5, 5.41) is 0. The van der Waals surface area contributed by atoms with E-state index in [0.717, 1.165) is 5.56 Å². The van der Waals surface area contributed by atoms with Crippen molar-refractivity contribution >= 4 is 23.2 Å². The molecule has 0 aliphatic carbocycles. The van der Waals surface area contributed by atoms with Gasteiger partial charge < -0.3 is 11.5 Å². The number of para-hydroxylation sites is 1. The summed E-state index contributed by atoms with van der Waals surface area (Å²) in [6, 6.07) is 14.3. The molecule has 0 unspecified atom stereocenters.